The topological polar surface area (TPSA) is 61.4 Å². The number of carbonyl (C=O) groups excluding carboxylic acids is 1. The van der Waals surface area contributed by atoms with E-state index < -0.39 is 5.82 Å². The van der Waals surface area contributed by atoms with Gasteiger partial charge < -0.3 is 15.1 Å². The number of hydrogen-bond acceptors (Lipinski definition) is 4. The second-order valence-electron chi connectivity index (χ2n) is 8.47. The summed E-state index contributed by atoms with van der Waals surface area (Å²) in [5, 5.41) is 13.6. The maximum atomic E-state index is 13.4. The van der Waals surface area contributed by atoms with Crippen molar-refractivity contribution in [3.8, 4) is 11.3 Å². The number of rotatable bonds is 3. The first-order valence-electron chi connectivity index (χ1n) is 11.2. The SMILES string of the molecule is C[C@H]1CN(C(=O)Nc2ccc(F)c(Cl)c2)CCN1c1nnc(-c2ccc(F)cc2)c2ccccc12. The first-order chi connectivity index (χ1) is 16.9. The lowest BCUT2D eigenvalue weighted by Gasteiger charge is -2.40. The molecule has 2 heterocycles. The zero-order chi connectivity index (χ0) is 24.5. The number of fused-ring (bicyclic) bond motifs is 1. The minimum atomic E-state index is -0.536. The molecule has 1 saturated heterocycles. The van der Waals surface area contributed by atoms with Crippen molar-refractivity contribution in [1.82, 2.24) is 15.1 Å². The number of anilines is 2. The number of halogens is 3. The van der Waals surface area contributed by atoms with Gasteiger partial charge in [-0.3, -0.25) is 0 Å². The lowest BCUT2D eigenvalue weighted by molar-refractivity contribution is 0.200. The summed E-state index contributed by atoms with van der Waals surface area (Å²) < 4.78 is 26.8. The van der Waals surface area contributed by atoms with Gasteiger partial charge in [0.25, 0.3) is 0 Å². The summed E-state index contributed by atoms with van der Waals surface area (Å²) in [5.41, 5.74) is 1.91. The van der Waals surface area contributed by atoms with Gasteiger partial charge in [-0.2, -0.15) is 0 Å². The van der Waals surface area contributed by atoms with E-state index in [1.165, 1.54) is 30.3 Å². The Balaban J connectivity index is 1.37. The van der Waals surface area contributed by atoms with E-state index in [1.54, 1.807) is 17.0 Å². The van der Waals surface area contributed by atoms with Crippen molar-refractivity contribution in [3.63, 3.8) is 0 Å². The van der Waals surface area contributed by atoms with E-state index in [2.05, 4.69) is 20.4 Å². The Morgan fingerprint density at radius 2 is 1.74 bits per heavy atom. The van der Waals surface area contributed by atoms with E-state index in [4.69, 9.17) is 11.6 Å². The Labute approximate surface area is 206 Å². The van der Waals surface area contributed by atoms with Gasteiger partial charge in [-0.1, -0.05) is 35.9 Å². The molecule has 1 aliphatic heterocycles. The fourth-order valence-corrected chi connectivity index (χ4v) is 4.54. The molecule has 0 saturated carbocycles. The number of aromatic nitrogens is 2. The Bertz CT molecular complexity index is 1400. The maximum absolute atomic E-state index is 13.4. The molecule has 1 atom stereocenters. The highest BCUT2D eigenvalue weighted by atomic mass is 35.5. The molecule has 0 bridgehead atoms. The van der Waals surface area contributed by atoms with E-state index in [0.29, 0.717) is 31.0 Å². The van der Waals surface area contributed by atoms with Crippen LogP contribution in [0.15, 0.2) is 66.7 Å². The number of carbonyl (C=O) groups is 1. The van der Waals surface area contributed by atoms with Gasteiger partial charge in [-0.05, 0) is 49.4 Å². The highest BCUT2D eigenvalue weighted by Gasteiger charge is 2.29. The lowest BCUT2D eigenvalue weighted by atomic mass is 10.0. The molecule has 35 heavy (non-hydrogen) atoms. The highest BCUT2D eigenvalue weighted by Crippen LogP contribution is 2.33. The standard InChI is InChI=1S/C26H22ClF2N5O/c1-16-15-33(26(35)30-19-10-11-23(29)22(27)14-19)12-13-34(16)25-21-5-3-2-4-20(21)24(31-32-25)17-6-8-18(28)9-7-17/h2-11,14,16H,12-13,15H2,1H3,(H,30,35)/t16-/m0/s1. The zero-order valence-electron chi connectivity index (χ0n) is 18.9. The second-order valence-corrected chi connectivity index (χ2v) is 8.88. The van der Waals surface area contributed by atoms with Crippen molar-refractivity contribution in [2.75, 3.05) is 29.9 Å². The number of piperazine rings is 1. The number of amides is 2. The van der Waals surface area contributed by atoms with Gasteiger partial charge in [0.05, 0.1) is 5.02 Å². The predicted octanol–water partition coefficient (Wildman–Crippen LogP) is 5.97. The van der Waals surface area contributed by atoms with Gasteiger partial charge >= 0.3 is 6.03 Å². The van der Waals surface area contributed by atoms with Crippen LogP contribution in [0.5, 0.6) is 0 Å². The van der Waals surface area contributed by atoms with Gasteiger partial charge in [-0.25, -0.2) is 13.6 Å². The van der Waals surface area contributed by atoms with Crippen LogP contribution in [-0.4, -0.2) is 46.8 Å². The molecule has 0 spiro atoms. The van der Waals surface area contributed by atoms with Crippen LogP contribution in [0.1, 0.15) is 6.92 Å². The molecular formula is C26H22ClF2N5O. The van der Waals surface area contributed by atoms with Crippen molar-refractivity contribution in [2.24, 2.45) is 0 Å². The molecule has 1 N–H and O–H groups in total. The van der Waals surface area contributed by atoms with Gasteiger partial charge in [0, 0.05) is 47.7 Å². The summed E-state index contributed by atoms with van der Waals surface area (Å²) in [6.07, 6.45) is 0. The van der Waals surface area contributed by atoms with Crippen LogP contribution in [0.25, 0.3) is 22.0 Å². The molecule has 1 aliphatic rings. The van der Waals surface area contributed by atoms with Crippen molar-refractivity contribution in [1.29, 1.82) is 0 Å². The number of hydrogen-bond donors (Lipinski definition) is 1. The Morgan fingerprint density at radius 1 is 1.00 bits per heavy atom. The molecule has 1 aromatic heterocycles. The Kier molecular flexibility index (Phi) is 6.21. The van der Waals surface area contributed by atoms with E-state index in [0.717, 1.165) is 22.2 Å². The van der Waals surface area contributed by atoms with Crippen molar-refractivity contribution >= 4 is 39.9 Å². The van der Waals surface area contributed by atoms with E-state index in [1.807, 2.05) is 31.2 Å². The first-order valence-corrected chi connectivity index (χ1v) is 11.6. The summed E-state index contributed by atoms with van der Waals surface area (Å²) in [7, 11) is 0. The summed E-state index contributed by atoms with van der Waals surface area (Å²) in [6, 6.07) is 17.9. The molecule has 0 unspecified atom stereocenters. The number of nitrogens with one attached hydrogen (secondary N) is 1. The van der Waals surface area contributed by atoms with Crippen LogP contribution >= 0.6 is 11.6 Å². The summed E-state index contributed by atoms with van der Waals surface area (Å²) >= 11 is 5.82. The smallest absolute Gasteiger partial charge is 0.321 e. The van der Waals surface area contributed by atoms with Gasteiger partial charge in [-0.15, -0.1) is 10.2 Å². The Morgan fingerprint density at radius 3 is 2.46 bits per heavy atom. The van der Waals surface area contributed by atoms with Crippen molar-refractivity contribution < 1.29 is 13.6 Å². The molecule has 4 aromatic rings. The van der Waals surface area contributed by atoms with E-state index >= 15 is 0 Å². The number of nitrogens with zero attached hydrogens (tertiary/aromatic N) is 4. The molecule has 3 aromatic carbocycles. The average molecular weight is 494 g/mol. The van der Waals surface area contributed by atoms with Crippen LogP contribution in [0.4, 0.5) is 25.1 Å². The van der Waals surface area contributed by atoms with Crippen LogP contribution in [0, 0.1) is 11.6 Å². The maximum Gasteiger partial charge on any atom is 0.321 e. The zero-order valence-corrected chi connectivity index (χ0v) is 19.6. The molecule has 2 amide bonds. The fourth-order valence-electron chi connectivity index (χ4n) is 4.36. The number of urea groups is 1. The summed E-state index contributed by atoms with van der Waals surface area (Å²) in [6.45, 7) is 3.53. The normalized spacial score (nSPS) is 15.9. The van der Waals surface area contributed by atoms with E-state index in [-0.39, 0.29) is 22.9 Å². The van der Waals surface area contributed by atoms with Gasteiger partial charge in [0.1, 0.15) is 17.3 Å². The molecule has 6 nitrogen and oxygen atoms in total. The van der Waals surface area contributed by atoms with Crippen molar-refractivity contribution in [2.45, 2.75) is 13.0 Å². The average Bonchev–Trinajstić information content (AvgIpc) is 2.86. The Hall–Kier alpha value is -3.78. The van der Waals surface area contributed by atoms with Crippen molar-refractivity contribution in [3.05, 3.63) is 83.4 Å². The quantitative estimate of drug-likeness (QED) is 0.382. The monoisotopic (exact) mass is 493 g/mol. The second kappa shape index (κ2) is 9.46. The third-order valence-electron chi connectivity index (χ3n) is 6.14. The minimum absolute atomic E-state index is 0.0271. The summed E-state index contributed by atoms with van der Waals surface area (Å²) in [4.78, 5) is 16.6. The van der Waals surface area contributed by atoms with E-state index in [9.17, 15) is 13.6 Å². The first kappa shape index (κ1) is 23.0. The molecular weight excluding hydrogens is 472 g/mol. The molecule has 0 aliphatic carbocycles. The van der Waals surface area contributed by atoms with Crippen LogP contribution in [0.2, 0.25) is 5.02 Å². The lowest BCUT2D eigenvalue weighted by Crippen LogP contribution is -2.55. The molecule has 178 valence electrons. The third-order valence-corrected chi connectivity index (χ3v) is 6.43. The predicted molar refractivity (Wildman–Crippen MR) is 134 cm³/mol. The molecule has 9 heteroatoms. The third kappa shape index (κ3) is 4.61. The van der Waals surface area contributed by atoms with Crippen LogP contribution in [0.3, 0.4) is 0 Å². The van der Waals surface area contributed by atoms with Crippen LogP contribution < -0.4 is 10.2 Å². The molecule has 1 fully saturated rings. The fraction of sp³-hybridized carbons (Fsp3) is 0.192. The minimum Gasteiger partial charge on any atom is -0.348 e. The van der Waals surface area contributed by atoms with Gasteiger partial charge in [0.15, 0.2) is 5.82 Å². The molecule has 5 rings (SSSR count). The number of benzene rings is 3. The largest absolute Gasteiger partial charge is 0.348 e. The van der Waals surface area contributed by atoms with Gasteiger partial charge in [0.2, 0.25) is 0 Å². The highest BCUT2D eigenvalue weighted by molar-refractivity contribution is 6.31. The molecule has 0 radical (unpaired) electrons. The van der Waals surface area contributed by atoms with Crippen LogP contribution in [-0.2, 0) is 0 Å². The summed E-state index contributed by atoms with van der Waals surface area (Å²) in [5.74, 6) is -0.101.